The minimum absolute atomic E-state index is 0.00239. The van der Waals surface area contributed by atoms with Crippen molar-refractivity contribution in [1.82, 2.24) is 0 Å². The van der Waals surface area contributed by atoms with Gasteiger partial charge in [0.05, 0.1) is 17.8 Å². The topological polar surface area (TPSA) is 18.5 Å². The molecule has 0 bridgehead atoms. The molecule has 2 nitrogen and oxygen atoms in total. The first kappa shape index (κ1) is 15.9. The SMILES string of the molecule is CCCCC(OC)C(C)OC(C)(CC)CC. The van der Waals surface area contributed by atoms with Gasteiger partial charge in [-0.25, -0.2) is 0 Å². The van der Waals surface area contributed by atoms with Crippen LogP contribution in [0.2, 0.25) is 0 Å². The lowest BCUT2D eigenvalue weighted by atomic mass is 9.99. The molecule has 0 fully saturated rings. The Morgan fingerprint density at radius 2 is 1.69 bits per heavy atom. The van der Waals surface area contributed by atoms with Gasteiger partial charge >= 0.3 is 0 Å². The molecule has 0 amide bonds. The van der Waals surface area contributed by atoms with E-state index in [0.717, 1.165) is 19.3 Å². The van der Waals surface area contributed by atoms with Crippen molar-refractivity contribution in [2.45, 2.75) is 84.5 Å². The summed E-state index contributed by atoms with van der Waals surface area (Å²) < 4.78 is 11.7. The highest BCUT2D eigenvalue weighted by Gasteiger charge is 2.27. The van der Waals surface area contributed by atoms with Gasteiger partial charge in [-0.15, -0.1) is 0 Å². The summed E-state index contributed by atoms with van der Waals surface area (Å²) in [4.78, 5) is 0. The number of methoxy groups -OCH3 is 1. The van der Waals surface area contributed by atoms with E-state index in [-0.39, 0.29) is 17.8 Å². The molecule has 0 heterocycles. The predicted octanol–water partition coefficient (Wildman–Crippen LogP) is 4.18. The Balaban J connectivity index is 4.23. The smallest absolute Gasteiger partial charge is 0.0830 e. The third-order valence-corrected chi connectivity index (χ3v) is 3.63. The molecular formula is C14H30O2. The minimum Gasteiger partial charge on any atom is -0.379 e. The summed E-state index contributed by atoms with van der Waals surface area (Å²) in [5.41, 5.74) is 0.00239. The molecule has 0 spiro atoms. The van der Waals surface area contributed by atoms with Gasteiger partial charge in [-0.3, -0.25) is 0 Å². The standard InChI is InChI=1S/C14H30O2/c1-7-10-11-13(15-6)12(4)16-14(5,8-2)9-3/h12-13H,7-11H2,1-6H3. The van der Waals surface area contributed by atoms with E-state index < -0.39 is 0 Å². The van der Waals surface area contributed by atoms with Crippen LogP contribution in [0.25, 0.3) is 0 Å². The van der Waals surface area contributed by atoms with Crippen LogP contribution in [0.1, 0.15) is 66.7 Å². The normalized spacial score (nSPS) is 16.1. The summed E-state index contributed by atoms with van der Waals surface area (Å²) in [5.74, 6) is 0. The van der Waals surface area contributed by atoms with E-state index in [1.54, 1.807) is 7.11 Å². The largest absolute Gasteiger partial charge is 0.379 e. The Morgan fingerprint density at radius 3 is 2.06 bits per heavy atom. The van der Waals surface area contributed by atoms with Gasteiger partial charge in [-0.05, 0) is 33.1 Å². The Kier molecular flexibility index (Phi) is 8.04. The molecule has 0 aliphatic heterocycles. The van der Waals surface area contributed by atoms with Crippen molar-refractivity contribution in [3.8, 4) is 0 Å². The monoisotopic (exact) mass is 230 g/mol. The van der Waals surface area contributed by atoms with Gasteiger partial charge in [0.25, 0.3) is 0 Å². The lowest BCUT2D eigenvalue weighted by Crippen LogP contribution is -2.38. The first-order chi connectivity index (χ1) is 7.52. The first-order valence-electron chi connectivity index (χ1n) is 6.73. The average molecular weight is 230 g/mol. The molecule has 98 valence electrons. The molecule has 16 heavy (non-hydrogen) atoms. The summed E-state index contributed by atoms with van der Waals surface area (Å²) in [6, 6.07) is 0. The van der Waals surface area contributed by atoms with Crippen molar-refractivity contribution in [3.63, 3.8) is 0 Å². The van der Waals surface area contributed by atoms with E-state index in [1.165, 1.54) is 12.8 Å². The molecule has 0 saturated heterocycles. The first-order valence-corrected chi connectivity index (χ1v) is 6.73. The van der Waals surface area contributed by atoms with Crippen LogP contribution >= 0.6 is 0 Å². The summed E-state index contributed by atoms with van der Waals surface area (Å²) in [6.07, 6.45) is 6.04. The summed E-state index contributed by atoms with van der Waals surface area (Å²) in [7, 11) is 1.79. The Labute approximate surface area is 102 Å². The molecule has 0 radical (unpaired) electrons. The number of hydrogen-bond acceptors (Lipinski definition) is 2. The lowest BCUT2D eigenvalue weighted by Gasteiger charge is -2.34. The van der Waals surface area contributed by atoms with Crippen molar-refractivity contribution < 1.29 is 9.47 Å². The second kappa shape index (κ2) is 8.08. The van der Waals surface area contributed by atoms with E-state index in [1.807, 2.05) is 0 Å². The number of rotatable bonds is 9. The van der Waals surface area contributed by atoms with Gasteiger partial charge in [0.15, 0.2) is 0 Å². The van der Waals surface area contributed by atoms with Crippen LogP contribution in [0.15, 0.2) is 0 Å². The van der Waals surface area contributed by atoms with Crippen molar-refractivity contribution in [2.24, 2.45) is 0 Å². The van der Waals surface area contributed by atoms with Crippen LogP contribution in [-0.2, 0) is 9.47 Å². The van der Waals surface area contributed by atoms with E-state index in [9.17, 15) is 0 Å². The molecule has 0 aliphatic rings. The second-order valence-electron chi connectivity index (χ2n) is 4.90. The minimum atomic E-state index is 0.00239. The van der Waals surface area contributed by atoms with E-state index in [4.69, 9.17) is 9.47 Å². The van der Waals surface area contributed by atoms with Gasteiger partial charge in [-0.1, -0.05) is 33.6 Å². The molecule has 2 atom stereocenters. The third kappa shape index (κ3) is 5.31. The van der Waals surface area contributed by atoms with Crippen LogP contribution in [0.5, 0.6) is 0 Å². The molecule has 0 N–H and O–H groups in total. The second-order valence-corrected chi connectivity index (χ2v) is 4.90. The molecule has 0 aromatic rings. The maximum Gasteiger partial charge on any atom is 0.0830 e. The van der Waals surface area contributed by atoms with E-state index >= 15 is 0 Å². The molecule has 2 heteroatoms. The maximum atomic E-state index is 6.16. The fourth-order valence-electron chi connectivity index (χ4n) is 1.89. The summed E-state index contributed by atoms with van der Waals surface area (Å²) in [5, 5.41) is 0. The van der Waals surface area contributed by atoms with Gasteiger partial charge in [0.1, 0.15) is 0 Å². The third-order valence-electron chi connectivity index (χ3n) is 3.63. The van der Waals surface area contributed by atoms with Crippen molar-refractivity contribution >= 4 is 0 Å². The zero-order chi connectivity index (χ0) is 12.6. The van der Waals surface area contributed by atoms with Crippen LogP contribution in [0.3, 0.4) is 0 Å². The van der Waals surface area contributed by atoms with Gasteiger partial charge in [-0.2, -0.15) is 0 Å². The van der Waals surface area contributed by atoms with E-state index in [2.05, 4.69) is 34.6 Å². The zero-order valence-electron chi connectivity index (χ0n) is 12.0. The number of hydrogen-bond donors (Lipinski definition) is 0. The summed E-state index contributed by atoms with van der Waals surface area (Å²) in [6.45, 7) is 10.9. The molecule has 0 saturated carbocycles. The van der Waals surface area contributed by atoms with Crippen molar-refractivity contribution in [1.29, 1.82) is 0 Å². The van der Waals surface area contributed by atoms with Gasteiger partial charge in [0, 0.05) is 7.11 Å². The Bertz CT molecular complexity index is 164. The highest BCUT2D eigenvalue weighted by molar-refractivity contribution is 4.76. The molecular weight excluding hydrogens is 200 g/mol. The number of unbranched alkanes of at least 4 members (excludes halogenated alkanes) is 1. The Morgan fingerprint density at radius 1 is 1.12 bits per heavy atom. The highest BCUT2D eigenvalue weighted by atomic mass is 16.5. The predicted molar refractivity (Wildman–Crippen MR) is 69.9 cm³/mol. The van der Waals surface area contributed by atoms with Crippen LogP contribution in [0, 0.1) is 0 Å². The van der Waals surface area contributed by atoms with E-state index in [0.29, 0.717) is 0 Å². The zero-order valence-corrected chi connectivity index (χ0v) is 12.0. The van der Waals surface area contributed by atoms with Crippen molar-refractivity contribution in [2.75, 3.05) is 7.11 Å². The fourth-order valence-corrected chi connectivity index (χ4v) is 1.89. The number of ether oxygens (including phenoxy) is 2. The molecule has 0 rings (SSSR count). The van der Waals surface area contributed by atoms with Gasteiger partial charge < -0.3 is 9.47 Å². The summed E-state index contributed by atoms with van der Waals surface area (Å²) >= 11 is 0. The lowest BCUT2D eigenvalue weighted by molar-refractivity contribution is -0.132. The Hall–Kier alpha value is -0.0800. The maximum absolute atomic E-state index is 6.16. The van der Waals surface area contributed by atoms with Crippen molar-refractivity contribution in [3.05, 3.63) is 0 Å². The molecule has 2 unspecified atom stereocenters. The highest BCUT2D eigenvalue weighted by Crippen LogP contribution is 2.24. The average Bonchev–Trinajstić information content (AvgIpc) is 2.29. The molecule has 0 aromatic heterocycles. The van der Waals surface area contributed by atoms with Gasteiger partial charge in [0.2, 0.25) is 0 Å². The van der Waals surface area contributed by atoms with Crippen LogP contribution in [-0.4, -0.2) is 24.9 Å². The quantitative estimate of drug-likeness (QED) is 0.591. The van der Waals surface area contributed by atoms with Crippen LogP contribution < -0.4 is 0 Å². The van der Waals surface area contributed by atoms with Crippen LogP contribution in [0.4, 0.5) is 0 Å². The fraction of sp³-hybridized carbons (Fsp3) is 1.00. The molecule has 0 aromatic carbocycles. The molecule has 0 aliphatic carbocycles.